The zero-order chi connectivity index (χ0) is 24.6. The number of aliphatic hydroxyl groups is 4. The van der Waals surface area contributed by atoms with Crippen LogP contribution in [0.3, 0.4) is 0 Å². The molecule has 0 bridgehead atoms. The molecule has 0 aliphatic carbocycles. The zero-order valence-corrected chi connectivity index (χ0v) is 18.2. The topological polar surface area (TPSA) is 168 Å². The lowest BCUT2D eigenvalue weighted by molar-refractivity contribution is -0.277. The van der Waals surface area contributed by atoms with Crippen molar-refractivity contribution in [1.82, 2.24) is 0 Å². The summed E-state index contributed by atoms with van der Waals surface area (Å²) in [5, 5.41) is 50.2. The van der Waals surface area contributed by atoms with Crippen molar-refractivity contribution in [3.63, 3.8) is 0 Å². The van der Waals surface area contributed by atoms with Gasteiger partial charge in [0.2, 0.25) is 12.0 Å². The molecule has 0 spiro atoms. The van der Waals surface area contributed by atoms with Crippen LogP contribution in [0, 0.1) is 0 Å². The maximum Gasteiger partial charge on any atom is 0.229 e. The summed E-state index contributed by atoms with van der Waals surface area (Å²) in [5.41, 5.74) is -0.00928. The summed E-state index contributed by atoms with van der Waals surface area (Å²) in [5.74, 6) is -0.150. The lowest BCUT2D eigenvalue weighted by Gasteiger charge is -2.39. The van der Waals surface area contributed by atoms with E-state index in [4.69, 9.17) is 23.4 Å². The van der Waals surface area contributed by atoms with Crippen molar-refractivity contribution in [2.24, 2.45) is 0 Å². The molecule has 1 saturated heterocycles. The zero-order valence-electron chi connectivity index (χ0n) is 18.2. The maximum atomic E-state index is 12.8. The third kappa shape index (κ3) is 4.15. The van der Waals surface area contributed by atoms with Gasteiger partial charge in [0.1, 0.15) is 46.9 Å². The summed E-state index contributed by atoms with van der Waals surface area (Å²) in [6.45, 7) is -0.648. The molecule has 0 unspecified atom stereocenters. The standard InChI is InChI=1S/C23H24O11/c1-30-11-5-3-10(4-6-11)13-7-12(25)17-14(32-13)8-15(22(31-2)19(17)27)33-23-21(29)20(28)18(26)16(9-24)34-23/h3-8,16,18,20-21,23-24,26-29H,9H2,1-2H3/t16-,18-,20+,21+,23-/m1/s1. The van der Waals surface area contributed by atoms with Gasteiger partial charge in [-0.05, 0) is 24.3 Å². The van der Waals surface area contributed by atoms with Gasteiger partial charge >= 0.3 is 0 Å². The van der Waals surface area contributed by atoms with E-state index < -0.39 is 48.5 Å². The summed E-state index contributed by atoms with van der Waals surface area (Å²) in [7, 11) is 2.76. The Morgan fingerprint density at radius 1 is 0.971 bits per heavy atom. The van der Waals surface area contributed by atoms with E-state index >= 15 is 0 Å². The molecule has 34 heavy (non-hydrogen) atoms. The predicted molar refractivity (Wildman–Crippen MR) is 117 cm³/mol. The van der Waals surface area contributed by atoms with Crippen LogP contribution in [0.2, 0.25) is 0 Å². The molecule has 0 radical (unpaired) electrons. The summed E-state index contributed by atoms with van der Waals surface area (Å²) < 4.78 is 27.1. The fraction of sp³-hybridized carbons (Fsp3) is 0.348. The number of aliphatic hydroxyl groups excluding tert-OH is 4. The van der Waals surface area contributed by atoms with Gasteiger partial charge in [-0.1, -0.05) is 0 Å². The predicted octanol–water partition coefficient (Wildman–Crippen LogP) is 0.361. The minimum Gasteiger partial charge on any atom is -0.504 e. The number of phenols is 1. The Labute approximate surface area is 192 Å². The van der Waals surface area contributed by atoms with Crippen molar-refractivity contribution in [2.75, 3.05) is 20.8 Å². The Balaban J connectivity index is 1.78. The average Bonchev–Trinajstić information content (AvgIpc) is 2.84. The van der Waals surface area contributed by atoms with Gasteiger partial charge in [0.15, 0.2) is 16.9 Å². The molecule has 2 aromatic carbocycles. The van der Waals surface area contributed by atoms with E-state index in [1.54, 1.807) is 24.3 Å². The monoisotopic (exact) mass is 476 g/mol. The van der Waals surface area contributed by atoms with Gasteiger partial charge < -0.3 is 48.9 Å². The number of hydrogen-bond acceptors (Lipinski definition) is 11. The van der Waals surface area contributed by atoms with Crippen LogP contribution in [0.1, 0.15) is 0 Å². The first-order chi connectivity index (χ1) is 16.3. The first kappa shape index (κ1) is 23.8. The largest absolute Gasteiger partial charge is 0.504 e. The molecule has 182 valence electrons. The maximum absolute atomic E-state index is 12.8. The van der Waals surface area contributed by atoms with Gasteiger partial charge in [-0.2, -0.15) is 0 Å². The van der Waals surface area contributed by atoms with Crippen molar-refractivity contribution < 1.29 is 48.9 Å². The van der Waals surface area contributed by atoms with Gasteiger partial charge in [-0.15, -0.1) is 0 Å². The van der Waals surface area contributed by atoms with Gasteiger partial charge in [0.25, 0.3) is 0 Å². The Hall–Kier alpha value is -3.35. The first-order valence-electron chi connectivity index (χ1n) is 10.3. The fourth-order valence-electron chi connectivity index (χ4n) is 3.73. The highest BCUT2D eigenvalue weighted by Crippen LogP contribution is 2.43. The third-order valence-electron chi connectivity index (χ3n) is 5.58. The van der Waals surface area contributed by atoms with Crippen molar-refractivity contribution in [1.29, 1.82) is 0 Å². The normalized spacial score (nSPS) is 24.7. The van der Waals surface area contributed by atoms with E-state index in [1.807, 2.05) is 0 Å². The third-order valence-corrected chi connectivity index (χ3v) is 5.58. The molecular weight excluding hydrogens is 452 g/mol. The Kier molecular flexibility index (Phi) is 6.64. The number of fused-ring (bicyclic) bond motifs is 1. The van der Waals surface area contributed by atoms with Crippen molar-refractivity contribution >= 4 is 11.0 Å². The van der Waals surface area contributed by atoms with Gasteiger partial charge in [0.05, 0.1) is 20.8 Å². The lowest BCUT2D eigenvalue weighted by Crippen LogP contribution is -2.60. The molecule has 5 N–H and O–H groups in total. The summed E-state index contributed by atoms with van der Waals surface area (Å²) >= 11 is 0. The highest BCUT2D eigenvalue weighted by molar-refractivity contribution is 5.89. The molecule has 1 aliphatic rings. The molecule has 5 atom stereocenters. The van der Waals surface area contributed by atoms with E-state index in [1.165, 1.54) is 26.4 Å². The number of aromatic hydroxyl groups is 1. The number of methoxy groups -OCH3 is 2. The molecule has 11 nitrogen and oxygen atoms in total. The van der Waals surface area contributed by atoms with E-state index in [0.29, 0.717) is 11.3 Å². The van der Waals surface area contributed by atoms with Crippen LogP contribution in [0.4, 0.5) is 0 Å². The molecule has 2 heterocycles. The summed E-state index contributed by atoms with van der Waals surface area (Å²) in [4.78, 5) is 12.8. The van der Waals surface area contributed by atoms with Crippen LogP contribution in [-0.4, -0.2) is 77.1 Å². The Bertz CT molecular complexity index is 1220. The average molecular weight is 476 g/mol. The number of rotatable bonds is 6. The van der Waals surface area contributed by atoms with Gasteiger partial charge in [0, 0.05) is 17.7 Å². The molecule has 11 heteroatoms. The molecule has 0 amide bonds. The van der Waals surface area contributed by atoms with Crippen molar-refractivity contribution in [3.8, 4) is 34.3 Å². The van der Waals surface area contributed by atoms with Gasteiger partial charge in [-0.3, -0.25) is 4.79 Å². The Morgan fingerprint density at radius 2 is 1.68 bits per heavy atom. The summed E-state index contributed by atoms with van der Waals surface area (Å²) in [6, 6.07) is 9.26. The highest BCUT2D eigenvalue weighted by Gasteiger charge is 2.45. The first-order valence-corrected chi connectivity index (χ1v) is 10.3. The van der Waals surface area contributed by atoms with Crippen molar-refractivity contribution in [2.45, 2.75) is 30.7 Å². The quantitative estimate of drug-likeness (QED) is 0.333. The van der Waals surface area contributed by atoms with Crippen molar-refractivity contribution in [3.05, 3.63) is 46.6 Å². The molecule has 4 rings (SSSR count). The van der Waals surface area contributed by atoms with Crippen LogP contribution in [0.15, 0.2) is 45.6 Å². The van der Waals surface area contributed by atoms with Crippen LogP contribution in [0.25, 0.3) is 22.3 Å². The fourth-order valence-corrected chi connectivity index (χ4v) is 3.73. The smallest absolute Gasteiger partial charge is 0.229 e. The van der Waals surface area contributed by atoms with Crippen LogP contribution in [-0.2, 0) is 4.74 Å². The molecular formula is C23H24O11. The van der Waals surface area contributed by atoms with Gasteiger partial charge in [-0.25, -0.2) is 0 Å². The second-order valence-electron chi connectivity index (χ2n) is 7.65. The Morgan fingerprint density at radius 3 is 2.29 bits per heavy atom. The number of phenolic OH excluding ortho intramolecular Hbond substituents is 1. The number of ether oxygens (including phenoxy) is 4. The summed E-state index contributed by atoms with van der Waals surface area (Å²) in [6.07, 6.45) is -7.69. The lowest BCUT2D eigenvalue weighted by atomic mass is 9.99. The van der Waals surface area contributed by atoms with Crippen LogP contribution in [0.5, 0.6) is 23.0 Å². The second kappa shape index (κ2) is 9.49. The second-order valence-corrected chi connectivity index (χ2v) is 7.65. The molecule has 1 aliphatic heterocycles. The van der Waals surface area contributed by atoms with E-state index in [9.17, 15) is 30.3 Å². The van der Waals surface area contributed by atoms with E-state index in [-0.39, 0.29) is 28.2 Å². The molecule has 1 aromatic heterocycles. The van der Waals surface area contributed by atoms with E-state index in [2.05, 4.69) is 0 Å². The minimum atomic E-state index is -1.70. The molecule has 0 saturated carbocycles. The van der Waals surface area contributed by atoms with E-state index in [0.717, 1.165) is 0 Å². The SMILES string of the molecule is COc1ccc(-c2cc(=O)c3c(O)c(OC)c(O[C@@H]4O[C@H](CO)[C@@H](O)[C@H](O)[C@@H]4O)cc3o2)cc1. The minimum absolute atomic E-state index is 0.0452. The van der Waals surface area contributed by atoms with Crippen LogP contribution < -0.4 is 19.6 Å². The molecule has 3 aromatic rings. The number of hydrogen-bond donors (Lipinski definition) is 5. The molecule has 1 fully saturated rings. The number of benzene rings is 2. The highest BCUT2D eigenvalue weighted by atomic mass is 16.7. The van der Waals surface area contributed by atoms with Crippen LogP contribution >= 0.6 is 0 Å².